The van der Waals surface area contributed by atoms with Crippen molar-refractivity contribution in [3.8, 4) is 5.75 Å². The molecule has 1 saturated heterocycles. The molecule has 1 amide bonds. The van der Waals surface area contributed by atoms with E-state index < -0.39 is 0 Å². The van der Waals surface area contributed by atoms with Crippen molar-refractivity contribution in [2.24, 2.45) is 5.92 Å². The molecular weight excluding hydrogens is 362 g/mol. The minimum Gasteiger partial charge on any atom is -0.497 e. The van der Waals surface area contributed by atoms with E-state index >= 15 is 0 Å². The number of carbonyl (C=O) groups excluding carboxylic acids is 1. The van der Waals surface area contributed by atoms with E-state index in [1.165, 1.54) is 34.2 Å². The topological polar surface area (TPSA) is 47.6 Å². The molecule has 2 aromatic rings. The molecule has 2 aromatic carbocycles. The fraction of sp³-hybridized carbons (Fsp3) is 0.480. The number of rotatable bonds is 4. The van der Waals surface area contributed by atoms with Gasteiger partial charge < -0.3 is 14.8 Å². The van der Waals surface area contributed by atoms with Gasteiger partial charge in [0.15, 0.2) is 0 Å². The summed E-state index contributed by atoms with van der Waals surface area (Å²) in [5.41, 5.74) is 7.10. The Morgan fingerprint density at radius 2 is 2.03 bits per heavy atom. The average molecular weight is 394 g/mol. The molecular formula is C25H31NO3. The highest BCUT2D eigenvalue weighted by Crippen LogP contribution is 2.32. The van der Waals surface area contributed by atoms with Gasteiger partial charge in [-0.2, -0.15) is 0 Å². The van der Waals surface area contributed by atoms with E-state index in [0.717, 1.165) is 37.9 Å². The summed E-state index contributed by atoms with van der Waals surface area (Å²) in [5, 5.41) is 2.89. The molecule has 2 aliphatic rings. The maximum absolute atomic E-state index is 11.6. The zero-order valence-corrected chi connectivity index (χ0v) is 17.5. The molecule has 0 unspecified atom stereocenters. The van der Waals surface area contributed by atoms with Crippen molar-refractivity contribution < 1.29 is 14.3 Å². The summed E-state index contributed by atoms with van der Waals surface area (Å²) in [6, 6.07) is 13.4. The van der Waals surface area contributed by atoms with E-state index in [1.54, 1.807) is 7.11 Å². The van der Waals surface area contributed by atoms with Gasteiger partial charge in [0, 0.05) is 12.5 Å². The van der Waals surface area contributed by atoms with E-state index in [-0.39, 0.29) is 6.09 Å². The number of nitrogens with one attached hydrogen (secondary N) is 1. The van der Waals surface area contributed by atoms with Crippen LogP contribution < -0.4 is 10.1 Å². The fourth-order valence-corrected chi connectivity index (χ4v) is 4.75. The van der Waals surface area contributed by atoms with Crippen molar-refractivity contribution >= 4 is 6.09 Å². The van der Waals surface area contributed by atoms with Crippen LogP contribution in [0.25, 0.3) is 0 Å². The molecule has 0 radical (unpaired) electrons. The van der Waals surface area contributed by atoms with Crippen LogP contribution in [0.1, 0.15) is 53.0 Å². The second kappa shape index (κ2) is 8.89. The summed E-state index contributed by atoms with van der Waals surface area (Å²) in [4.78, 5) is 11.6. The number of benzene rings is 2. The van der Waals surface area contributed by atoms with Gasteiger partial charge in [0.1, 0.15) is 5.75 Å². The van der Waals surface area contributed by atoms with Crippen LogP contribution in [-0.4, -0.2) is 26.4 Å². The van der Waals surface area contributed by atoms with Gasteiger partial charge in [-0.3, -0.25) is 0 Å². The molecule has 4 rings (SSSR count). The molecule has 4 nitrogen and oxygen atoms in total. The van der Waals surface area contributed by atoms with E-state index in [2.05, 4.69) is 48.6 Å². The largest absolute Gasteiger partial charge is 0.497 e. The van der Waals surface area contributed by atoms with Crippen molar-refractivity contribution in [1.29, 1.82) is 0 Å². The van der Waals surface area contributed by atoms with E-state index in [4.69, 9.17) is 9.47 Å². The van der Waals surface area contributed by atoms with Crippen molar-refractivity contribution in [2.45, 2.75) is 51.4 Å². The third-order valence-corrected chi connectivity index (χ3v) is 6.51. The van der Waals surface area contributed by atoms with Crippen LogP contribution in [0.5, 0.6) is 5.75 Å². The van der Waals surface area contributed by atoms with Crippen LogP contribution in [-0.2, 0) is 24.0 Å². The molecule has 29 heavy (non-hydrogen) atoms. The average Bonchev–Trinajstić information content (AvgIpc) is 2.72. The maximum atomic E-state index is 11.6. The lowest BCUT2D eigenvalue weighted by molar-refractivity contribution is 0.136. The number of carbonyl (C=O) groups is 1. The smallest absolute Gasteiger partial charge is 0.407 e. The summed E-state index contributed by atoms with van der Waals surface area (Å²) in [5.74, 6) is 2.01. The first-order valence-corrected chi connectivity index (χ1v) is 10.8. The van der Waals surface area contributed by atoms with Gasteiger partial charge in [-0.05, 0) is 91.3 Å². The second-order valence-electron chi connectivity index (χ2n) is 8.49. The molecule has 1 aliphatic heterocycles. The molecule has 0 saturated carbocycles. The Hall–Kier alpha value is -2.49. The Morgan fingerprint density at radius 1 is 1.14 bits per heavy atom. The molecule has 1 fully saturated rings. The van der Waals surface area contributed by atoms with Crippen LogP contribution >= 0.6 is 0 Å². The summed E-state index contributed by atoms with van der Waals surface area (Å²) in [6.45, 7) is 3.36. The number of cyclic esters (lactones) is 1. The predicted molar refractivity (Wildman–Crippen MR) is 115 cm³/mol. The van der Waals surface area contributed by atoms with Gasteiger partial charge in [-0.15, -0.1) is 0 Å². The lowest BCUT2D eigenvalue weighted by Gasteiger charge is -2.27. The SMILES string of the molecule is COc1ccc(C[C@@H]2CCc3cc([C@H]4CCCOC(=O)NC4)ccc3C2)c(C)c1. The lowest BCUT2D eigenvalue weighted by atomic mass is 9.78. The Kier molecular flexibility index (Phi) is 6.08. The van der Waals surface area contributed by atoms with E-state index in [0.29, 0.717) is 25.0 Å². The first-order chi connectivity index (χ1) is 14.1. The van der Waals surface area contributed by atoms with E-state index in [9.17, 15) is 4.79 Å². The fourth-order valence-electron chi connectivity index (χ4n) is 4.75. The molecule has 1 aliphatic carbocycles. The first-order valence-electron chi connectivity index (χ1n) is 10.8. The summed E-state index contributed by atoms with van der Waals surface area (Å²) in [6.07, 6.45) is 6.35. The predicted octanol–water partition coefficient (Wildman–Crippen LogP) is 4.95. The molecule has 2 atom stereocenters. The number of fused-ring (bicyclic) bond motifs is 1. The van der Waals surface area contributed by atoms with Gasteiger partial charge in [0.2, 0.25) is 0 Å². The maximum Gasteiger partial charge on any atom is 0.407 e. The summed E-state index contributed by atoms with van der Waals surface area (Å²) < 4.78 is 10.4. The number of aryl methyl sites for hydroxylation is 2. The van der Waals surface area contributed by atoms with Gasteiger partial charge in [-0.1, -0.05) is 24.3 Å². The standard InChI is InChI=1S/C25H31NO3/c1-17-12-24(28-2)10-9-19(17)13-18-5-6-21-15-22(8-7-20(21)14-18)23-4-3-11-29-25(27)26-16-23/h7-10,12,15,18,23H,3-6,11,13-14,16H2,1-2H3,(H,26,27)/t18-,23-/m0/s1. The molecule has 1 N–H and O–H groups in total. The van der Waals surface area contributed by atoms with E-state index in [1.807, 2.05) is 0 Å². The van der Waals surface area contributed by atoms with Crippen molar-refractivity contribution in [3.63, 3.8) is 0 Å². The van der Waals surface area contributed by atoms with Crippen LogP contribution in [0.2, 0.25) is 0 Å². The Labute approximate surface area is 173 Å². The number of methoxy groups -OCH3 is 1. The second-order valence-corrected chi connectivity index (χ2v) is 8.49. The monoisotopic (exact) mass is 393 g/mol. The number of alkyl carbamates (subject to hydrolysis) is 1. The van der Waals surface area contributed by atoms with Crippen molar-refractivity contribution in [3.05, 3.63) is 64.2 Å². The summed E-state index contributed by atoms with van der Waals surface area (Å²) in [7, 11) is 1.72. The van der Waals surface area contributed by atoms with Crippen LogP contribution in [0.3, 0.4) is 0 Å². The van der Waals surface area contributed by atoms with Crippen LogP contribution in [0.15, 0.2) is 36.4 Å². The summed E-state index contributed by atoms with van der Waals surface area (Å²) >= 11 is 0. The molecule has 0 bridgehead atoms. The third kappa shape index (κ3) is 4.75. The number of hydrogen-bond donors (Lipinski definition) is 1. The Balaban J connectivity index is 1.43. The quantitative estimate of drug-likeness (QED) is 0.799. The lowest BCUT2D eigenvalue weighted by Crippen LogP contribution is -2.31. The third-order valence-electron chi connectivity index (χ3n) is 6.51. The first kappa shape index (κ1) is 19.8. The van der Waals surface area contributed by atoms with Crippen molar-refractivity contribution in [2.75, 3.05) is 20.3 Å². The van der Waals surface area contributed by atoms with Crippen molar-refractivity contribution in [1.82, 2.24) is 5.32 Å². The Bertz CT molecular complexity index is 876. The molecule has 0 aromatic heterocycles. The zero-order chi connectivity index (χ0) is 20.2. The molecule has 0 spiro atoms. The number of ether oxygens (including phenoxy) is 2. The number of amides is 1. The van der Waals surface area contributed by atoms with Gasteiger partial charge in [0.25, 0.3) is 0 Å². The minimum atomic E-state index is -0.288. The van der Waals surface area contributed by atoms with Crippen LogP contribution in [0.4, 0.5) is 4.79 Å². The molecule has 154 valence electrons. The normalized spacial score (nSPS) is 21.9. The highest BCUT2D eigenvalue weighted by molar-refractivity contribution is 5.67. The highest BCUT2D eigenvalue weighted by atomic mass is 16.5. The highest BCUT2D eigenvalue weighted by Gasteiger charge is 2.22. The zero-order valence-electron chi connectivity index (χ0n) is 17.5. The molecule has 1 heterocycles. The minimum absolute atomic E-state index is 0.288. The van der Waals surface area contributed by atoms with Gasteiger partial charge in [0.05, 0.1) is 13.7 Å². The van der Waals surface area contributed by atoms with Crippen LogP contribution in [0, 0.1) is 12.8 Å². The van der Waals surface area contributed by atoms with Gasteiger partial charge >= 0.3 is 6.09 Å². The molecule has 4 heteroatoms. The Morgan fingerprint density at radius 3 is 2.86 bits per heavy atom. The van der Waals surface area contributed by atoms with Gasteiger partial charge in [-0.25, -0.2) is 4.79 Å². The number of hydrogen-bond acceptors (Lipinski definition) is 3.